The quantitative estimate of drug-likeness (QED) is 0.189. The molecule has 7 N–H and O–H groups in total. The molecule has 1 heterocycles. The largest absolute Gasteiger partial charge is 0.399 e. The van der Waals surface area contributed by atoms with E-state index in [4.69, 9.17) is 11.5 Å². The number of carbonyl (C=O) groups is 5. The average Bonchev–Trinajstić information content (AvgIpc) is 3.36. The molecule has 11 heteroatoms. The third-order valence-electron chi connectivity index (χ3n) is 7.58. The number of hydrogen-bond acceptors (Lipinski definition) is 6. The second-order valence-corrected chi connectivity index (χ2v) is 12.9. The van der Waals surface area contributed by atoms with Gasteiger partial charge in [0, 0.05) is 17.8 Å². The molecular formula is C30H48N6O5. The molecule has 0 aromatic heterocycles. The molecular weight excluding hydrogens is 524 g/mol. The van der Waals surface area contributed by atoms with Gasteiger partial charge in [0.15, 0.2) is 0 Å². The van der Waals surface area contributed by atoms with E-state index in [2.05, 4.69) is 16.0 Å². The summed E-state index contributed by atoms with van der Waals surface area (Å²) in [4.78, 5) is 65.8. The van der Waals surface area contributed by atoms with Crippen molar-refractivity contribution in [3.63, 3.8) is 0 Å². The highest BCUT2D eigenvalue weighted by Gasteiger charge is 2.43. The van der Waals surface area contributed by atoms with Crippen LogP contribution in [0.3, 0.4) is 0 Å². The number of amides is 5. The van der Waals surface area contributed by atoms with Crippen LogP contribution in [0.15, 0.2) is 24.3 Å². The van der Waals surface area contributed by atoms with Gasteiger partial charge in [-0.25, -0.2) is 4.79 Å². The molecule has 1 aliphatic heterocycles. The lowest BCUT2D eigenvalue weighted by atomic mass is 9.85. The second kappa shape index (κ2) is 13.8. The van der Waals surface area contributed by atoms with Gasteiger partial charge in [-0.15, -0.1) is 0 Å². The minimum atomic E-state index is -1.11. The first kappa shape index (κ1) is 33.6. The zero-order valence-corrected chi connectivity index (χ0v) is 25.5. The lowest BCUT2D eigenvalue weighted by molar-refractivity contribution is -0.143. The van der Waals surface area contributed by atoms with Gasteiger partial charge in [-0.2, -0.15) is 0 Å². The van der Waals surface area contributed by atoms with Crippen molar-refractivity contribution in [2.75, 3.05) is 12.3 Å². The van der Waals surface area contributed by atoms with Gasteiger partial charge in [0.05, 0.1) is 6.04 Å². The molecule has 41 heavy (non-hydrogen) atoms. The number of carbonyl (C=O) groups excluding carboxylic acids is 5. The summed E-state index contributed by atoms with van der Waals surface area (Å²) >= 11 is 0. The van der Waals surface area contributed by atoms with Gasteiger partial charge >= 0.3 is 6.03 Å². The van der Waals surface area contributed by atoms with Crippen molar-refractivity contribution in [3.05, 3.63) is 29.8 Å². The molecule has 4 atom stereocenters. The van der Waals surface area contributed by atoms with Gasteiger partial charge in [0.1, 0.15) is 12.1 Å². The van der Waals surface area contributed by atoms with Gasteiger partial charge < -0.3 is 32.3 Å². The number of likely N-dealkylation sites (tertiary alicyclic amines) is 1. The minimum Gasteiger partial charge on any atom is -0.399 e. The lowest BCUT2D eigenvalue weighted by Crippen LogP contribution is -2.61. The van der Waals surface area contributed by atoms with Gasteiger partial charge in [0.2, 0.25) is 17.6 Å². The normalized spacial score (nSPS) is 17.7. The van der Waals surface area contributed by atoms with Crippen molar-refractivity contribution in [1.82, 2.24) is 20.9 Å². The first-order chi connectivity index (χ1) is 19.0. The van der Waals surface area contributed by atoms with Crippen LogP contribution >= 0.6 is 0 Å². The van der Waals surface area contributed by atoms with Gasteiger partial charge in [-0.1, -0.05) is 59.2 Å². The minimum absolute atomic E-state index is 0.0699. The molecule has 0 radical (unpaired) electrons. The number of anilines is 1. The topological polar surface area (TPSA) is 177 Å². The smallest absolute Gasteiger partial charge is 0.315 e. The Balaban J connectivity index is 2.17. The Labute approximate surface area is 243 Å². The van der Waals surface area contributed by atoms with E-state index in [1.54, 1.807) is 6.07 Å². The van der Waals surface area contributed by atoms with E-state index in [1.807, 2.05) is 66.7 Å². The van der Waals surface area contributed by atoms with Crippen LogP contribution in [0.1, 0.15) is 79.7 Å². The van der Waals surface area contributed by atoms with E-state index in [1.165, 1.54) is 4.90 Å². The molecule has 0 saturated carbocycles. The summed E-state index contributed by atoms with van der Waals surface area (Å²) < 4.78 is 0. The van der Waals surface area contributed by atoms with Gasteiger partial charge in [0.25, 0.3) is 5.91 Å². The molecule has 0 aliphatic carbocycles. The summed E-state index contributed by atoms with van der Waals surface area (Å²) in [6, 6.07) is 4.09. The van der Waals surface area contributed by atoms with Crippen LogP contribution in [-0.4, -0.2) is 64.6 Å². The van der Waals surface area contributed by atoms with Crippen LogP contribution in [0.2, 0.25) is 0 Å². The first-order valence-corrected chi connectivity index (χ1v) is 14.3. The fraction of sp³-hybridized carbons (Fsp3) is 0.633. The van der Waals surface area contributed by atoms with Crippen molar-refractivity contribution in [2.24, 2.45) is 17.1 Å². The van der Waals surface area contributed by atoms with Crippen molar-refractivity contribution in [2.45, 2.75) is 104 Å². The Morgan fingerprint density at radius 2 is 1.68 bits per heavy atom. The summed E-state index contributed by atoms with van der Waals surface area (Å²) in [5, 5.41) is 8.46. The van der Waals surface area contributed by atoms with Crippen molar-refractivity contribution >= 4 is 35.2 Å². The number of primary amides is 1. The standard InChI is InChI=1S/C30H48N6O5/c1-8-18(2)16-21(23(37)25(32)38)33-26(39)22-14-11-15-36(22)27(40)24(29(3,4)5)34-28(41)35-30(6,7)17-19-12-9-10-13-20(19)31/h9-10,12-13,18,21-22,24H,8,11,14-17,31H2,1-7H3,(H2,32,38)(H,33,39)(H2,34,35,41). The molecule has 1 aromatic rings. The summed E-state index contributed by atoms with van der Waals surface area (Å²) in [5.41, 5.74) is 11.5. The predicted molar refractivity (Wildman–Crippen MR) is 158 cm³/mol. The van der Waals surface area contributed by atoms with E-state index in [9.17, 15) is 24.0 Å². The molecule has 1 aliphatic rings. The zero-order valence-electron chi connectivity index (χ0n) is 25.5. The van der Waals surface area contributed by atoms with E-state index >= 15 is 0 Å². The van der Waals surface area contributed by atoms with Crippen LogP contribution in [-0.2, 0) is 25.6 Å². The number of nitrogens with one attached hydrogen (secondary N) is 3. The number of para-hydroxylation sites is 1. The first-order valence-electron chi connectivity index (χ1n) is 14.3. The van der Waals surface area contributed by atoms with Crippen LogP contribution in [0, 0.1) is 11.3 Å². The SMILES string of the molecule is CCC(C)CC(NC(=O)C1CCCN1C(=O)C(NC(=O)NC(C)(C)Cc1ccccc1N)C(C)(C)C)C(=O)C(N)=O. The molecule has 5 amide bonds. The number of ketones is 1. The molecule has 11 nitrogen and oxygen atoms in total. The molecule has 4 unspecified atom stereocenters. The number of rotatable bonds is 12. The number of nitrogens with two attached hydrogens (primary N) is 2. The monoisotopic (exact) mass is 572 g/mol. The lowest BCUT2D eigenvalue weighted by Gasteiger charge is -2.36. The maximum Gasteiger partial charge on any atom is 0.315 e. The molecule has 228 valence electrons. The van der Waals surface area contributed by atoms with Crippen LogP contribution in [0.5, 0.6) is 0 Å². The molecule has 1 fully saturated rings. The fourth-order valence-corrected chi connectivity index (χ4v) is 5.05. The third-order valence-corrected chi connectivity index (χ3v) is 7.58. The Kier molecular flexibility index (Phi) is 11.3. The number of benzene rings is 1. The van der Waals surface area contributed by atoms with Crippen LogP contribution in [0.4, 0.5) is 10.5 Å². The van der Waals surface area contributed by atoms with E-state index < -0.39 is 58.6 Å². The highest BCUT2D eigenvalue weighted by atomic mass is 16.2. The maximum absolute atomic E-state index is 13.8. The predicted octanol–water partition coefficient (Wildman–Crippen LogP) is 2.27. The third kappa shape index (κ3) is 9.47. The van der Waals surface area contributed by atoms with Gasteiger partial charge in [-0.3, -0.25) is 19.2 Å². The molecule has 1 aromatic carbocycles. The van der Waals surface area contributed by atoms with E-state index in [0.717, 1.165) is 12.0 Å². The van der Waals surface area contributed by atoms with Crippen molar-refractivity contribution in [3.8, 4) is 0 Å². The molecule has 2 rings (SSSR count). The van der Waals surface area contributed by atoms with Gasteiger partial charge in [-0.05, 0) is 62.5 Å². The Bertz CT molecular complexity index is 1130. The maximum atomic E-state index is 13.8. The summed E-state index contributed by atoms with van der Waals surface area (Å²) in [6.07, 6.45) is 2.48. The fourth-order valence-electron chi connectivity index (χ4n) is 5.05. The number of Topliss-reactive ketones (excluding diaryl/α,β-unsaturated/α-hetero) is 1. The summed E-state index contributed by atoms with van der Waals surface area (Å²) in [5.74, 6) is -2.81. The Morgan fingerprint density at radius 3 is 2.24 bits per heavy atom. The molecule has 0 spiro atoms. The van der Waals surface area contributed by atoms with Crippen molar-refractivity contribution < 1.29 is 24.0 Å². The van der Waals surface area contributed by atoms with E-state index in [-0.39, 0.29) is 12.3 Å². The second-order valence-electron chi connectivity index (χ2n) is 12.9. The summed E-state index contributed by atoms with van der Waals surface area (Å²) in [6.45, 7) is 13.4. The van der Waals surface area contributed by atoms with Crippen LogP contribution in [0.25, 0.3) is 0 Å². The number of hydrogen-bond donors (Lipinski definition) is 5. The molecule has 0 bridgehead atoms. The number of urea groups is 1. The number of nitrogens with zero attached hydrogens (tertiary/aromatic N) is 1. The summed E-state index contributed by atoms with van der Waals surface area (Å²) in [7, 11) is 0. The Hall–Kier alpha value is -3.63. The molecule has 1 saturated heterocycles. The van der Waals surface area contributed by atoms with Crippen LogP contribution < -0.4 is 27.4 Å². The van der Waals surface area contributed by atoms with Crippen molar-refractivity contribution in [1.29, 1.82) is 0 Å². The average molecular weight is 573 g/mol. The van der Waals surface area contributed by atoms with E-state index in [0.29, 0.717) is 31.5 Å². The Morgan fingerprint density at radius 1 is 1.05 bits per heavy atom. The highest BCUT2D eigenvalue weighted by molar-refractivity contribution is 6.37. The number of nitrogen functional groups attached to an aromatic ring is 1. The highest BCUT2D eigenvalue weighted by Crippen LogP contribution is 2.26. The zero-order chi connectivity index (χ0) is 31.1.